The van der Waals surface area contributed by atoms with Gasteiger partial charge >= 0.3 is 0 Å². The van der Waals surface area contributed by atoms with E-state index in [2.05, 4.69) is 0 Å². The third-order valence-corrected chi connectivity index (χ3v) is 8.30. The first-order chi connectivity index (χ1) is 14.7. The molecule has 8 heteroatoms. The number of halogens is 1. The number of hydrogen-bond acceptors (Lipinski definition) is 5. The second-order valence-electron chi connectivity index (χ2n) is 8.09. The number of carbonyl (C=O) groups excluding carboxylic acids is 1. The maximum atomic E-state index is 15.1. The summed E-state index contributed by atoms with van der Waals surface area (Å²) in [7, 11) is -4.14. The Hall–Kier alpha value is -2.45. The number of benzene rings is 2. The summed E-state index contributed by atoms with van der Waals surface area (Å²) in [4.78, 5) is 13.6. The molecule has 0 saturated carbocycles. The van der Waals surface area contributed by atoms with E-state index in [0.29, 0.717) is 37.8 Å². The molecular weight excluding hydrogens is 421 g/mol. The van der Waals surface area contributed by atoms with Crippen LogP contribution in [0.15, 0.2) is 52.3 Å². The fourth-order valence-corrected chi connectivity index (χ4v) is 6.02. The third-order valence-electron chi connectivity index (χ3n) is 6.52. The second kappa shape index (κ2) is 7.91. The van der Waals surface area contributed by atoms with E-state index in [0.717, 1.165) is 6.07 Å². The minimum atomic E-state index is -4.14. The van der Waals surface area contributed by atoms with Crippen molar-refractivity contribution in [3.63, 3.8) is 0 Å². The first-order valence-corrected chi connectivity index (χ1v) is 12.0. The molecule has 1 amide bonds. The lowest BCUT2D eigenvalue weighted by Crippen LogP contribution is -2.56. The van der Waals surface area contributed by atoms with E-state index in [4.69, 9.17) is 4.74 Å². The van der Waals surface area contributed by atoms with Crippen LogP contribution in [-0.4, -0.2) is 42.6 Å². The Kier molecular flexibility index (Phi) is 5.55. The number of sulfone groups is 1. The van der Waals surface area contributed by atoms with Crippen molar-refractivity contribution in [2.24, 2.45) is 0 Å². The number of nitrogens with zero attached hydrogens (tertiary/aromatic N) is 1. The van der Waals surface area contributed by atoms with Gasteiger partial charge in [-0.25, -0.2) is 12.8 Å². The van der Waals surface area contributed by atoms with Gasteiger partial charge in [0.2, 0.25) is 15.7 Å². The second-order valence-corrected chi connectivity index (χ2v) is 10.0. The highest BCUT2D eigenvalue weighted by molar-refractivity contribution is 7.91. The van der Waals surface area contributed by atoms with Gasteiger partial charge in [0.15, 0.2) is 0 Å². The molecule has 2 aliphatic rings. The van der Waals surface area contributed by atoms with Crippen molar-refractivity contribution in [3.8, 4) is 5.75 Å². The zero-order valence-corrected chi connectivity index (χ0v) is 18.4. The minimum Gasteiger partial charge on any atom is -0.484 e. The number of carbonyl (C=O) groups is 1. The smallest absolute Gasteiger partial charge is 0.223 e. The summed E-state index contributed by atoms with van der Waals surface area (Å²) in [6, 6.07) is 9.12. The summed E-state index contributed by atoms with van der Waals surface area (Å²) in [5, 5.41) is 11.3. The van der Waals surface area contributed by atoms with Crippen LogP contribution in [0.4, 0.5) is 4.39 Å². The number of likely N-dealkylation sites (tertiary alicyclic amines) is 1. The summed E-state index contributed by atoms with van der Waals surface area (Å²) < 4.78 is 47.4. The number of hydrogen-bond donors (Lipinski definition) is 1. The van der Waals surface area contributed by atoms with Crippen LogP contribution in [0, 0.1) is 5.82 Å². The number of aliphatic hydroxyl groups excluding tert-OH is 1. The summed E-state index contributed by atoms with van der Waals surface area (Å²) in [6.45, 7) is 4.18. The quantitative estimate of drug-likeness (QED) is 0.757. The van der Waals surface area contributed by atoms with Gasteiger partial charge in [0, 0.05) is 24.6 Å². The van der Waals surface area contributed by atoms with Gasteiger partial charge < -0.3 is 14.7 Å². The summed E-state index contributed by atoms with van der Waals surface area (Å²) in [5.74, 6) is -0.871. The lowest BCUT2D eigenvalue weighted by Gasteiger charge is -2.48. The average Bonchev–Trinajstić information content (AvgIpc) is 3.19. The number of aliphatic hydroxyl groups is 1. The Morgan fingerprint density at radius 2 is 1.87 bits per heavy atom. The molecule has 2 unspecified atom stereocenters. The van der Waals surface area contributed by atoms with E-state index in [-0.39, 0.29) is 16.6 Å². The molecule has 2 heterocycles. The van der Waals surface area contributed by atoms with E-state index >= 15 is 4.39 Å². The van der Waals surface area contributed by atoms with Gasteiger partial charge in [-0.2, -0.15) is 0 Å². The molecule has 1 N–H and O–H groups in total. The van der Waals surface area contributed by atoms with Gasteiger partial charge in [-0.3, -0.25) is 4.79 Å². The van der Waals surface area contributed by atoms with Crippen molar-refractivity contribution in [1.29, 1.82) is 0 Å². The van der Waals surface area contributed by atoms with Crippen molar-refractivity contribution < 1.29 is 27.4 Å². The van der Waals surface area contributed by atoms with Gasteiger partial charge in [-0.15, -0.1) is 0 Å². The van der Waals surface area contributed by atoms with E-state index in [1.807, 2.05) is 13.8 Å². The van der Waals surface area contributed by atoms with Crippen molar-refractivity contribution in [2.75, 3.05) is 6.54 Å². The predicted molar refractivity (Wildman–Crippen MR) is 112 cm³/mol. The summed E-state index contributed by atoms with van der Waals surface area (Å²) in [5.41, 5.74) is -0.677. The first-order valence-electron chi connectivity index (χ1n) is 10.6. The highest BCUT2D eigenvalue weighted by Gasteiger charge is 2.51. The lowest BCUT2D eigenvalue weighted by atomic mass is 9.80. The lowest BCUT2D eigenvalue weighted by molar-refractivity contribution is -0.144. The molecule has 0 aromatic heterocycles. The van der Waals surface area contributed by atoms with Crippen molar-refractivity contribution in [1.82, 2.24) is 4.90 Å². The standard InChI is InChI=1S/C23H26FNO5S/c1-3-23(4-2)22(27)21(25-12-8-11-20(25)26)16-13-19(17(24)14-18(16)30-23)31(28,29)15-9-6-5-7-10-15/h5-7,9-10,13-14,21-22,27H,3-4,8,11-12H2,1-2H3. The molecule has 0 spiro atoms. The van der Waals surface area contributed by atoms with Crippen molar-refractivity contribution in [2.45, 2.75) is 67.1 Å². The molecule has 0 bridgehead atoms. The molecule has 166 valence electrons. The molecule has 0 aliphatic carbocycles. The van der Waals surface area contributed by atoms with Crippen LogP contribution in [0.3, 0.4) is 0 Å². The number of fused-ring (bicyclic) bond motifs is 1. The van der Waals surface area contributed by atoms with Crippen LogP contribution < -0.4 is 4.74 Å². The first kappa shape index (κ1) is 21.8. The van der Waals surface area contributed by atoms with Gasteiger partial charge in [-0.05, 0) is 37.5 Å². The maximum absolute atomic E-state index is 15.1. The molecular formula is C23H26FNO5S. The topological polar surface area (TPSA) is 83.9 Å². The van der Waals surface area contributed by atoms with E-state index in [1.165, 1.54) is 18.2 Å². The molecule has 0 radical (unpaired) electrons. The maximum Gasteiger partial charge on any atom is 0.223 e. The van der Waals surface area contributed by atoms with E-state index < -0.39 is 38.3 Å². The van der Waals surface area contributed by atoms with Gasteiger partial charge in [0.25, 0.3) is 0 Å². The van der Waals surface area contributed by atoms with Crippen LogP contribution >= 0.6 is 0 Å². The summed E-state index contributed by atoms with van der Waals surface area (Å²) >= 11 is 0. The zero-order chi connectivity index (χ0) is 22.4. The molecule has 1 saturated heterocycles. The number of ether oxygens (including phenoxy) is 1. The Morgan fingerprint density at radius 3 is 2.45 bits per heavy atom. The van der Waals surface area contributed by atoms with Gasteiger partial charge in [0.1, 0.15) is 28.2 Å². The van der Waals surface area contributed by atoms with Crippen molar-refractivity contribution >= 4 is 15.7 Å². The molecule has 6 nitrogen and oxygen atoms in total. The van der Waals surface area contributed by atoms with Crippen LogP contribution in [0.2, 0.25) is 0 Å². The Balaban J connectivity index is 1.92. The predicted octanol–water partition coefficient (Wildman–Crippen LogP) is 3.63. The third kappa shape index (κ3) is 3.42. The Morgan fingerprint density at radius 1 is 1.19 bits per heavy atom. The van der Waals surface area contributed by atoms with Crippen molar-refractivity contribution in [3.05, 3.63) is 53.8 Å². The zero-order valence-electron chi connectivity index (χ0n) is 17.5. The largest absolute Gasteiger partial charge is 0.484 e. The highest BCUT2D eigenvalue weighted by atomic mass is 32.2. The monoisotopic (exact) mass is 447 g/mol. The summed E-state index contributed by atoms with van der Waals surface area (Å²) in [6.07, 6.45) is 0.846. The van der Waals surface area contributed by atoms with E-state index in [9.17, 15) is 18.3 Å². The molecule has 2 aromatic carbocycles. The number of amides is 1. The Labute approximate surface area is 181 Å². The van der Waals surface area contributed by atoms with Gasteiger partial charge in [-0.1, -0.05) is 32.0 Å². The normalized spacial score (nSPS) is 22.8. The van der Waals surface area contributed by atoms with Crippen LogP contribution in [0.25, 0.3) is 0 Å². The molecule has 4 rings (SSSR count). The fourth-order valence-electron chi connectivity index (χ4n) is 4.65. The SMILES string of the molecule is CCC1(CC)Oc2cc(F)c(S(=O)(=O)c3ccccc3)cc2C(N2CCCC2=O)C1O. The van der Waals surface area contributed by atoms with E-state index in [1.54, 1.807) is 23.1 Å². The molecule has 31 heavy (non-hydrogen) atoms. The fraction of sp³-hybridized carbons (Fsp3) is 0.435. The van der Waals surface area contributed by atoms with Crippen LogP contribution in [-0.2, 0) is 14.6 Å². The number of rotatable bonds is 5. The Bertz CT molecular complexity index is 1100. The minimum absolute atomic E-state index is 0.0311. The molecule has 1 fully saturated rings. The molecule has 2 aliphatic heterocycles. The average molecular weight is 448 g/mol. The highest BCUT2D eigenvalue weighted by Crippen LogP contribution is 2.48. The molecule has 2 atom stereocenters. The van der Waals surface area contributed by atoms with Gasteiger partial charge in [0.05, 0.1) is 10.9 Å². The van der Waals surface area contributed by atoms with Crippen LogP contribution in [0.5, 0.6) is 5.75 Å². The molecule has 2 aromatic rings. The van der Waals surface area contributed by atoms with Crippen LogP contribution in [0.1, 0.15) is 51.1 Å².